The maximum atomic E-state index is 12.1. The molecular formula is C17H17N3O4S. The number of amides is 2. The number of nitrogens with zero attached hydrogens (tertiary/aromatic N) is 1. The van der Waals surface area contributed by atoms with Crippen LogP contribution in [0.3, 0.4) is 0 Å². The third-order valence-electron chi connectivity index (χ3n) is 3.52. The Bertz CT molecular complexity index is 796. The molecule has 2 aromatic rings. The van der Waals surface area contributed by atoms with Gasteiger partial charge in [0.1, 0.15) is 6.61 Å². The summed E-state index contributed by atoms with van der Waals surface area (Å²) in [6, 6.07) is 6.56. The minimum atomic E-state index is -0.478. The molecule has 1 fully saturated rings. The molecule has 0 aliphatic heterocycles. The van der Waals surface area contributed by atoms with E-state index in [1.807, 2.05) is 0 Å². The molecule has 1 heterocycles. The van der Waals surface area contributed by atoms with E-state index in [0.717, 1.165) is 12.8 Å². The van der Waals surface area contributed by atoms with Crippen molar-refractivity contribution in [1.82, 2.24) is 4.98 Å². The molecule has 1 aliphatic rings. The highest BCUT2D eigenvalue weighted by molar-refractivity contribution is 7.13. The lowest BCUT2D eigenvalue weighted by molar-refractivity contribution is -0.117. The van der Waals surface area contributed by atoms with Crippen molar-refractivity contribution in [3.05, 3.63) is 40.9 Å². The molecule has 0 unspecified atom stereocenters. The lowest BCUT2D eigenvalue weighted by atomic mass is 10.2. The summed E-state index contributed by atoms with van der Waals surface area (Å²) in [6.07, 6.45) is 1.88. The van der Waals surface area contributed by atoms with Crippen LogP contribution in [0, 0.1) is 5.92 Å². The SMILES string of the molecule is CC(=O)Nc1nc(COC(=O)c2ccc(NC(=O)C3CC3)cc2)cs1. The van der Waals surface area contributed by atoms with E-state index in [1.54, 1.807) is 29.6 Å². The first-order valence-corrected chi connectivity index (χ1v) is 8.69. The summed E-state index contributed by atoms with van der Waals surface area (Å²) in [5.41, 5.74) is 1.62. The van der Waals surface area contributed by atoms with Crippen LogP contribution in [0.25, 0.3) is 0 Å². The molecule has 3 rings (SSSR count). The molecule has 0 saturated heterocycles. The van der Waals surface area contributed by atoms with Gasteiger partial charge in [-0.05, 0) is 37.1 Å². The predicted octanol–water partition coefficient (Wildman–Crippen LogP) is 2.81. The third-order valence-corrected chi connectivity index (χ3v) is 4.33. The van der Waals surface area contributed by atoms with E-state index in [0.29, 0.717) is 22.1 Å². The number of hydrogen-bond acceptors (Lipinski definition) is 6. The van der Waals surface area contributed by atoms with Crippen molar-refractivity contribution >= 4 is 39.9 Å². The zero-order chi connectivity index (χ0) is 17.8. The van der Waals surface area contributed by atoms with Gasteiger partial charge in [-0.3, -0.25) is 9.59 Å². The van der Waals surface area contributed by atoms with Crippen molar-refractivity contribution < 1.29 is 19.1 Å². The molecule has 8 heteroatoms. The van der Waals surface area contributed by atoms with E-state index in [4.69, 9.17) is 4.74 Å². The van der Waals surface area contributed by atoms with Crippen molar-refractivity contribution in [2.75, 3.05) is 10.6 Å². The van der Waals surface area contributed by atoms with Crippen molar-refractivity contribution in [1.29, 1.82) is 0 Å². The van der Waals surface area contributed by atoms with Gasteiger partial charge in [0.2, 0.25) is 11.8 Å². The van der Waals surface area contributed by atoms with E-state index in [1.165, 1.54) is 18.3 Å². The van der Waals surface area contributed by atoms with Crippen LogP contribution in [0.15, 0.2) is 29.6 Å². The summed E-state index contributed by atoms with van der Waals surface area (Å²) in [5.74, 6) is -0.528. The number of nitrogens with one attached hydrogen (secondary N) is 2. The molecule has 1 aromatic carbocycles. The van der Waals surface area contributed by atoms with Crippen LogP contribution < -0.4 is 10.6 Å². The molecule has 7 nitrogen and oxygen atoms in total. The molecule has 0 radical (unpaired) electrons. The number of rotatable bonds is 6. The summed E-state index contributed by atoms with van der Waals surface area (Å²) in [4.78, 5) is 38.8. The second-order valence-electron chi connectivity index (χ2n) is 5.74. The number of ether oxygens (including phenoxy) is 1. The van der Waals surface area contributed by atoms with Gasteiger partial charge >= 0.3 is 5.97 Å². The van der Waals surface area contributed by atoms with E-state index in [9.17, 15) is 14.4 Å². The molecular weight excluding hydrogens is 342 g/mol. The lowest BCUT2D eigenvalue weighted by Crippen LogP contribution is -2.13. The first kappa shape index (κ1) is 17.1. The van der Waals surface area contributed by atoms with Gasteiger partial charge in [0.05, 0.1) is 11.3 Å². The predicted molar refractivity (Wildman–Crippen MR) is 93.3 cm³/mol. The topological polar surface area (TPSA) is 97.4 Å². The van der Waals surface area contributed by atoms with Crippen LogP contribution in [0.2, 0.25) is 0 Å². The second-order valence-corrected chi connectivity index (χ2v) is 6.60. The Labute approximate surface area is 148 Å². The molecule has 130 valence electrons. The summed E-state index contributed by atoms with van der Waals surface area (Å²) < 4.78 is 5.21. The van der Waals surface area contributed by atoms with Gasteiger partial charge in [0.15, 0.2) is 5.13 Å². The zero-order valence-electron chi connectivity index (χ0n) is 13.6. The van der Waals surface area contributed by atoms with Crippen LogP contribution in [0.5, 0.6) is 0 Å². The smallest absolute Gasteiger partial charge is 0.338 e. The van der Waals surface area contributed by atoms with Crippen LogP contribution in [0.1, 0.15) is 35.8 Å². The molecule has 1 aromatic heterocycles. The van der Waals surface area contributed by atoms with Crippen LogP contribution >= 0.6 is 11.3 Å². The number of thiazole rings is 1. The molecule has 25 heavy (non-hydrogen) atoms. The number of carbonyl (C=O) groups excluding carboxylic acids is 3. The Morgan fingerprint density at radius 1 is 1.20 bits per heavy atom. The van der Waals surface area contributed by atoms with Gasteiger partial charge in [-0.1, -0.05) is 0 Å². The fraction of sp³-hybridized carbons (Fsp3) is 0.294. The third kappa shape index (κ3) is 4.87. The average Bonchev–Trinajstić information content (AvgIpc) is 3.34. The number of aromatic nitrogens is 1. The maximum absolute atomic E-state index is 12.1. The van der Waals surface area contributed by atoms with Crippen molar-refractivity contribution in [3.8, 4) is 0 Å². The minimum absolute atomic E-state index is 0.0221. The van der Waals surface area contributed by atoms with Gasteiger partial charge in [0, 0.05) is 23.9 Å². The zero-order valence-corrected chi connectivity index (χ0v) is 14.4. The highest BCUT2D eigenvalue weighted by Gasteiger charge is 2.29. The Balaban J connectivity index is 1.51. The first-order chi connectivity index (χ1) is 12.0. The monoisotopic (exact) mass is 359 g/mol. The van der Waals surface area contributed by atoms with Crippen LogP contribution in [0.4, 0.5) is 10.8 Å². The van der Waals surface area contributed by atoms with Crippen molar-refractivity contribution in [2.24, 2.45) is 5.92 Å². The number of anilines is 2. The van der Waals surface area contributed by atoms with Crippen LogP contribution in [-0.2, 0) is 20.9 Å². The van der Waals surface area contributed by atoms with Gasteiger partial charge < -0.3 is 15.4 Å². The maximum Gasteiger partial charge on any atom is 0.338 e. The molecule has 1 aliphatic carbocycles. The Morgan fingerprint density at radius 3 is 2.56 bits per heavy atom. The number of esters is 1. The number of carbonyl (C=O) groups is 3. The number of benzene rings is 1. The number of hydrogen-bond donors (Lipinski definition) is 2. The quantitative estimate of drug-likeness (QED) is 0.773. The summed E-state index contributed by atoms with van der Waals surface area (Å²) in [5, 5.41) is 7.57. The van der Waals surface area contributed by atoms with E-state index < -0.39 is 5.97 Å². The second kappa shape index (κ2) is 7.43. The molecule has 2 amide bonds. The molecule has 2 N–H and O–H groups in total. The Kier molecular flexibility index (Phi) is 5.08. The Morgan fingerprint density at radius 2 is 1.92 bits per heavy atom. The van der Waals surface area contributed by atoms with Crippen molar-refractivity contribution in [3.63, 3.8) is 0 Å². The van der Waals surface area contributed by atoms with Gasteiger partial charge in [-0.15, -0.1) is 11.3 Å². The lowest BCUT2D eigenvalue weighted by Gasteiger charge is -2.06. The molecule has 0 spiro atoms. The standard InChI is InChI=1S/C17H17N3O4S/c1-10(21)18-17-20-14(9-25-17)8-24-16(23)12-4-6-13(7-5-12)19-15(22)11-2-3-11/h4-7,9,11H,2-3,8H2,1H3,(H,19,22)(H,18,20,21). The highest BCUT2D eigenvalue weighted by Crippen LogP contribution is 2.30. The Hall–Kier alpha value is -2.74. The summed E-state index contributed by atoms with van der Waals surface area (Å²) in [7, 11) is 0. The van der Waals surface area contributed by atoms with E-state index in [-0.39, 0.29) is 24.3 Å². The normalized spacial score (nSPS) is 13.2. The fourth-order valence-electron chi connectivity index (χ4n) is 2.08. The van der Waals surface area contributed by atoms with E-state index >= 15 is 0 Å². The minimum Gasteiger partial charge on any atom is -0.456 e. The average molecular weight is 359 g/mol. The van der Waals surface area contributed by atoms with Gasteiger partial charge in [-0.2, -0.15) is 0 Å². The van der Waals surface area contributed by atoms with E-state index in [2.05, 4.69) is 15.6 Å². The highest BCUT2D eigenvalue weighted by atomic mass is 32.1. The molecule has 0 bridgehead atoms. The van der Waals surface area contributed by atoms with Crippen LogP contribution in [-0.4, -0.2) is 22.8 Å². The fourth-order valence-corrected chi connectivity index (χ4v) is 2.82. The van der Waals surface area contributed by atoms with Gasteiger partial charge in [0.25, 0.3) is 0 Å². The first-order valence-electron chi connectivity index (χ1n) is 7.81. The summed E-state index contributed by atoms with van der Waals surface area (Å²) in [6.45, 7) is 1.42. The van der Waals surface area contributed by atoms with Gasteiger partial charge in [-0.25, -0.2) is 9.78 Å². The van der Waals surface area contributed by atoms with Crippen molar-refractivity contribution in [2.45, 2.75) is 26.4 Å². The largest absolute Gasteiger partial charge is 0.456 e. The molecule has 0 atom stereocenters. The molecule has 1 saturated carbocycles. The summed E-state index contributed by atoms with van der Waals surface area (Å²) >= 11 is 1.27.